The van der Waals surface area contributed by atoms with Crippen molar-refractivity contribution >= 4 is 12.0 Å². The number of benzene rings is 2. The molecule has 4 nitrogen and oxygen atoms in total. The summed E-state index contributed by atoms with van der Waals surface area (Å²) in [4.78, 5) is 13.5. The van der Waals surface area contributed by atoms with Crippen LogP contribution < -0.4 is 9.47 Å². The average Bonchev–Trinajstić information content (AvgIpc) is 2.62. The van der Waals surface area contributed by atoms with Gasteiger partial charge in [0.05, 0.1) is 7.11 Å². The number of halogens is 2. The molecule has 2 aromatic carbocycles. The van der Waals surface area contributed by atoms with Crippen molar-refractivity contribution in [1.29, 1.82) is 0 Å². The van der Waals surface area contributed by atoms with Crippen LogP contribution in [-0.4, -0.2) is 31.6 Å². The highest BCUT2D eigenvalue weighted by atomic mass is 19.1. The van der Waals surface area contributed by atoms with Crippen molar-refractivity contribution in [3.05, 3.63) is 65.2 Å². The van der Waals surface area contributed by atoms with Crippen LogP contribution in [0.15, 0.2) is 42.5 Å². The first kappa shape index (κ1) is 19.4. The lowest BCUT2D eigenvalue weighted by molar-refractivity contribution is -0.132. The lowest BCUT2D eigenvalue weighted by Crippen LogP contribution is -2.31. The Kier molecular flexibility index (Phi) is 6.72. The van der Waals surface area contributed by atoms with Gasteiger partial charge in [0, 0.05) is 25.2 Å². The van der Waals surface area contributed by atoms with Gasteiger partial charge in [0.25, 0.3) is 5.91 Å². The van der Waals surface area contributed by atoms with Gasteiger partial charge in [-0.15, -0.1) is 0 Å². The minimum absolute atomic E-state index is 0.0195. The molecule has 1 amide bonds. The summed E-state index contributed by atoms with van der Waals surface area (Å²) in [5.74, 6) is -0.728. The zero-order valence-electron chi connectivity index (χ0n) is 15.0. The van der Waals surface area contributed by atoms with Crippen molar-refractivity contribution in [1.82, 2.24) is 4.90 Å². The lowest BCUT2D eigenvalue weighted by Gasteiger charge is -2.18. The Morgan fingerprint density at radius 2 is 1.92 bits per heavy atom. The second kappa shape index (κ2) is 8.99. The van der Waals surface area contributed by atoms with Crippen LogP contribution >= 0.6 is 0 Å². The summed E-state index contributed by atoms with van der Waals surface area (Å²) in [7, 11) is 3.05. The minimum Gasteiger partial charge on any atom is -0.493 e. The van der Waals surface area contributed by atoms with E-state index in [9.17, 15) is 13.6 Å². The minimum atomic E-state index is -0.688. The fraction of sp³-hybridized carbons (Fsp3) is 0.250. The second-order valence-electron chi connectivity index (χ2n) is 5.68. The topological polar surface area (TPSA) is 38.8 Å². The van der Waals surface area contributed by atoms with E-state index in [4.69, 9.17) is 9.47 Å². The van der Waals surface area contributed by atoms with Crippen LogP contribution in [0.25, 0.3) is 6.08 Å². The Bertz CT molecular complexity index is 806. The second-order valence-corrected chi connectivity index (χ2v) is 5.68. The molecule has 0 saturated carbocycles. The van der Waals surface area contributed by atoms with Crippen molar-refractivity contribution in [2.75, 3.05) is 20.8 Å². The van der Waals surface area contributed by atoms with E-state index in [1.165, 1.54) is 25.1 Å². The molecule has 0 unspecified atom stereocenters. The molecule has 0 bridgehead atoms. The summed E-state index contributed by atoms with van der Waals surface area (Å²) in [6.45, 7) is 1.71. The largest absolute Gasteiger partial charge is 0.493 e. The Hall–Kier alpha value is -2.89. The first-order valence-corrected chi connectivity index (χ1v) is 8.06. The quantitative estimate of drug-likeness (QED) is 0.747. The van der Waals surface area contributed by atoms with Crippen molar-refractivity contribution in [3.63, 3.8) is 0 Å². The van der Waals surface area contributed by atoms with E-state index >= 15 is 0 Å². The molecule has 0 radical (unpaired) electrons. The smallest absolute Gasteiger partial charge is 0.260 e. The molecule has 0 spiro atoms. The summed E-state index contributed by atoms with van der Waals surface area (Å²) in [5.41, 5.74) is 1.18. The molecular weight excluding hydrogens is 340 g/mol. The van der Waals surface area contributed by atoms with Gasteiger partial charge in [-0.25, -0.2) is 8.78 Å². The van der Waals surface area contributed by atoms with E-state index in [2.05, 4.69) is 0 Å². The first-order valence-electron chi connectivity index (χ1n) is 8.06. The number of likely N-dealkylation sites (N-methyl/N-ethyl adjacent to an activating group) is 1. The maximum Gasteiger partial charge on any atom is 0.260 e. The van der Waals surface area contributed by atoms with Crippen LogP contribution in [0.4, 0.5) is 8.78 Å². The number of carbonyl (C=O) groups excluding carboxylic acids is 1. The molecule has 0 fully saturated rings. The molecule has 0 aliphatic rings. The van der Waals surface area contributed by atoms with Crippen LogP contribution in [0.1, 0.15) is 18.1 Å². The van der Waals surface area contributed by atoms with Crippen molar-refractivity contribution in [2.24, 2.45) is 0 Å². The number of amides is 1. The molecule has 0 N–H and O–H groups in total. The fourth-order valence-corrected chi connectivity index (χ4v) is 2.34. The number of nitrogens with zero attached hydrogens (tertiary/aromatic N) is 1. The van der Waals surface area contributed by atoms with E-state index in [-0.39, 0.29) is 24.6 Å². The maximum atomic E-state index is 13.7. The highest BCUT2D eigenvalue weighted by molar-refractivity contribution is 5.77. The number of allylic oxidation sites excluding steroid dienone is 1. The molecule has 0 aliphatic heterocycles. The summed E-state index contributed by atoms with van der Waals surface area (Å²) in [6, 6.07) is 8.64. The number of rotatable bonds is 7. The van der Waals surface area contributed by atoms with E-state index in [1.54, 1.807) is 12.1 Å². The van der Waals surface area contributed by atoms with Gasteiger partial charge in [0.1, 0.15) is 11.6 Å². The number of hydrogen-bond donors (Lipinski definition) is 0. The van der Waals surface area contributed by atoms with Gasteiger partial charge >= 0.3 is 0 Å². The molecule has 0 aromatic heterocycles. The van der Waals surface area contributed by atoms with Gasteiger partial charge in [0.15, 0.2) is 18.1 Å². The third-order valence-electron chi connectivity index (χ3n) is 3.75. The van der Waals surface area contributed by atoms with Gasteiger partial charge in [-0.1, -0.05) is 24.3 Å². The van der Waals surface area contributed by atoms with E-state index in [0.717, 1.165) is 17.7 Å². The normalized spacial score (nSPS) is 10.8. The summed E-state index contributed by atoms with van der Waals surface area (Å²) in [5, 5.41) is 0. The van der Waals surface area contributed by atoms with Gasteiger partial charge in [-0.05, 0) is 30.7 Å². The van der Waals surface area contributed by atoms with Crippen LogP contribution in [0.3, 0.4) is 0 Å². The monoisotopic (exact) mass is 361 g/mol. The maximum absolute atomic E-state index is 13.7. The molecule has 26 heavy (non-hydrogen) atoms. The molecule has 2 aromatic rings. The van der Waals surface area contributed by atoms with Crippen LogP contribution in [-0.2, 0) is 11.3 Å². The van der Waals surface area contributed by atoms with E-state index < -0.39 is 11.6 Å². The highest BCUT2D eigenvalue weighted by Gasteiger charge is 2.14. The third-order valence-corrected chi connectivity index (χ3v) is 3.75. The lowest BCUT2D eigenvalue weighted by atomic mass is 10.2. The van der Waals surface area contributed by atoms with Gasteiger partial charge in [-0.2, -0.15) is 0 Å². The van der Waals surface area contributed by atoms with Crippen molar-refractivity contribution in [3.8, 4) is 11.5 Å². The zero-order chi connectivity index (χ0) is 19.1. The standard InChI is InChI=1S/C20H21F2NO3/c1-4-5-14-6-9-18(19(10-14)25-3)26-13-20(24)23(2)12-15-7-8-16(21)11-17(15)22/h4-11H,12-13H2,1-3H3/b5-4+. The number of carbonyl (C=O) groups is 1. The summed E-state index contributed by atoms with van der Waals surface area (Å²) in [6.07, 6.45) is 3.82. The van der Waals surface area contributed by atoms with Gasteiger partial charge in [0.2, 0.25) is 0 Å². The van der Waals surface area contributed by atoms with Crippen molar-refractivity contribution in [2.45, 2.75) is 13.5 Å². The summed E-state index contributed by atoms with van der Waals surface area (Å²) < 4.78 is 37.5. The Morgan fingerprint density at radius 3 is 2.58 bits per heavy atom. The predicted octanol–water partition coefficient (Wildman–Crippen LogP) is 4.04. The van der Waals surface area contributed by atoms with Crippen LogP contribution in [0.5, 0.6) is 11.5 Å². The molecule has 0 atom stereocenters. The van der Waals surface area contributed by atoms with Gasteiger partial charge < -0.3 is 14.4 Å². The van der Waals surface area contributed by atoms with Crippen LogP contribution in [0, 0.1) is 11.6 Å². The Balaban J connectivity index is 1.99. The molecule has 0 heterocycles. The molecule has 0 aliphatic carbocycles. The molecule has 138 valence electrons. The first-order chi connectivity index (χ1) is 12.4. The SMILES string of the molecule is C/C=C/c1ccc(OCC(=O)N(C)Cc2ccc(F)cc2F)c(OC)c1. The molecular formula is C20H21F2NO3. The highest BCUT2D eigenvalue weighted by Crippen LogP contribution is 2.28. The Labute approximate surface area is 151 Å². The molecule has 0 saturated heterocycles. The Morgan fingerprint density at radius 1 is 1.15 bits per heavy atom. The van der Waals surface area contributed by atoms with Gasteiger partial charge in [-0.3, -0.25) is 4.79 Å². The summed E-state index contributed by atoms with van der Waals surface area (Å²) >= 11 is 0. The number of methoxy groups -OCH3 is 1. The zero-order valence-corrected chi connectivity index (χ0v) is 15.0. The van der Waals surface area contributed by atoms with E-state index in [1.807, 2.05) is 25.1 Å². The van der Waals surface area contributed by atoms with Crippen molar-refractivity contribution < 1.29 is 23.0 Å². The number of hydrogen-bond acceptors (Lipinski definition) is 3. The number of ether oxygens (including phenoxy) is 2. The molecule has 6 heteroatoms. The predicted molar refractivity (Wildman–Crippen MR) is 96.0 cm³/mol. The third kappa shape index (κ3) is 5.05. The van der Waals surface area contributed by atoms with Crippen LogP contribution in [0.2, 0.25) is 0 Å². The molecule has 2 rings (SSSR count). The fourth-order valence-electron chi connectivity index (χ4n) is 2.34. The van der Waals surface area contributed by atoms with E-state index in [0.29, 0.717) is 11.5 Å². The average molecular weight is 361 g/mol.